The van der Waals surface area contributed by atoms with Gasteiger partial charge in [0.25, 0.3) is 5.91 Å². The molecule has 3 rings (SSSR count). The molecule has 1 aromatic carbocycles. The van der Waals surface area contributed by atoms with Gasteiger partial charge in [0.2, 0.25) is 0 Å². The Morgan fingerprint density at radius 3 is 2.67 bits per heavy atom. The molecule has 24 heavy (non-hydrogen) atoms. The van der Waals surface area contributed by atoms with Crippen LogP contribution in [0.25, 0.3) is 0 Å². The standard InChI is InChI=1S/C17H18Cl2N4O/c18-15-9-14(16(19)22-21-15)17(24)23-6-4-12(5-7-23)13-3-1-2-11(8-13)10-20/h1-3,8-9,12H,4-7,10,20H2. The first-order valence-corrected chi connectivity index (χ1v) is 8.61. The lowest BCUT2D eigenvalue weighted by atomic mass is 9.88. The molecule has 1 saturated heterocycles. The second-order valence-electron chi connectivity index (χ2n) is 5.89. The molecule has 2 N–H and O–H groups in total. The van der Waals surface area contributed by atoms with Crippen LogP contribution in [0.15, 0.2) is 30.3 Å². The molecular weight excluding hydrogens is 347 g/mol. The second-order valence-corrected chi connectivity index (χ2v) is 6.63. The van der Waals surface area contributed by atoms with E-state index in [0.717, 1.165) is 18.4 Å². The number of nitrogens with zero attached hydrogens (tertiary/aromatic N) is 3. The Bertz CT molecular complexity index is 745. The van der Waals surface area contributed by atoms with E-state index in [9.17, 15) is 4.79 Å². The highest BCUT2D eigenvalue weighted by molar-refractivity contribution is 6.34. The molecule has 1 aliphatic heterocycles. The highest BCUT2D eigenvalue weighted by Crippen LogP contribution is 2.30. The molecule has 0 aliphatic carbocycles. The highest BCUT2D eigenvalue weighted by Gasteiger charge is 2.26. The summed E-state index contributed by atoms with van der Waals surface area (Å²) in [5.41, 5.74) is 8.44. The lowest BCUT2D eigenvalue weighted by Crippen LogP contribution is -2.38. The van der Waals surface area contributed by atoms with Gasteiger partial charge in [-0.3, -0.25) is 4.79 Å². The Kier molecular flexibility index (Phi) is 5.33. The van der Waals surface area contributed by atoms with Gasteiger partial charge >= 0.3 is 0 Å². The minimum Gasteiger partial charge on any atom is -0.339 e. The fourth-order valence-electron chi connectivity index (χ4n) is 3.06. The fraction of sp³-hybridized carbons (Fsp3) is 0.353. The third kappa shape index (κ3) is 3.69. The van der Waals surface area contributed by atoms with Crippen molar-refractivity contribution in [2.45, 2.75) is 25.3 Å². The van der Waals surface area contributed by atoms with Crippen LogP contribution >= 0.6 is 23.2 Å². The highest BCUT2D eigenvalue weighted by atomic mass is 35.5. The van der Waals surface area contributed by atoms with Gasteiger partial charge in [-0.1, -0.05) is 47.5 Å². The molecule has 0 saturated carbocycles. The van der Waals surface area contributed by atoms with Crippen LogP contribution in [-0.4, -0.2) is 34.1 Å². The van der Waals surface area contributed by atoms with E-state index >= 15 is 0 Å². The van der Waals surface area contributed by atoms with Gasteiger partial charge in [-0.2, -0.15) is 0 Å². The molecule has 0 atom stereocenters. The number of hydrogen-bond acceptors (Lipinski definition) is 4. The maximum Gasteiger partial charge on any atom is 0.257 e. The zero-order valence-electron chi connectivity index (χ0n) is 13.1. The van der Waals surface area contributed by atoms with Crippen LogP contribution in [0.4, 0.5) is 0 Å². The van der Waals surface area contributed by atoms with Crippen LogP contribution < -0.4 is 5.73 Å². The summed E-state index contributed by atoms with van der Waals surface area (Å²) in [7, 11) is 0. The fourth-order valence-corrected chi connectivity index (χ4v) is 3.38. The van der Waals surface area contributed by atoms with Crippen LogP contribution in [0, 0.1) is 0 Å². The largest absolute Gasteiger partial charge is 0.339 e. The van der Waals surface area contributed by atoms with Crippen LogP contribution in [0.5, 0.6) is 0 Å². The van der Waals surface area contributed by atoms with Gasteiger partial charge in [-0.15, -0.1) is 10.2 Å². The van der Waals surface area contributed by atoms with Gasteiger partial charge in [0.1, 0.15) is 0 Å². The van der Waals surface area contributed by atoms with Crippen molar-refractivity contribution in [2.75, 3.05) is 13.1 Å². The van der Waals surface area contributed by atoms with Gasteiger partial charge in [0.05, 0.1) is 5.56 Å². The maximum atomic E-state index is 12.6. The molecule has 0 radical (unpaired) electrons. The van der Waals surface area contributed by atoms with E-state index < -0.39 is 0 Å². The van der Waals surface area contributed by atoms with E-state index in [1.165, 1.54) is 11.6 Å². The molecule has 2 heterocycles. The Morgan fingerprint density at radius 2 is 1.96 bits per heavy atom. The molecular formula is C17H18Cl2N4O. The average molecular weight is 365 g/mol. The van der Waals surface area contributed by atoms with Crippen molar-refractivity contribution in [3.8, 4) is 0 Å². The summed E-state index contributed by atoms with van der Waals surface area (Å²) >= 11 is 11.8. The van der Waals surface area contributed by atoms with Gasteiger partial charge in [0, 0.05) is 19.6 Å². The average Bonchev–Trinajstić information content (AvgIpc) is 2.63. The minimum atomic E-state index is -0.147. The minimum absolute atomic E-state index is 0.0853. The Hall–Kier alpha value is -1.69. The first-order valence-electron chi connectivity index (χ1n) is 7.85. The number of nitrogens with two attached hydrogens (primary N) is 1. The molecule has 126 valence electrons. The van der Waals surface area contributed by atoms with Crippen LogP contribution in [0.1, 0.15) is 40.2 Å². The predicted octanol–water partition coefficient (Wildman–Crippen LogP) is 3.26. The third-order valence-corrected chi connectivity index (χ3v) is 4.85. The predicted molar refractivity (Wildman–Crippen MR) is 94.3 cm³/mol. The molecule has 0 spiro atoms. The number of piperidine rings is 1. The SMILES string of the molecule is NCc1cccc(C2CCN(C(=O)c3cc(Cl)nnc3Cl)CC2)c1. The summed E-state index contributed by atoms with van der Waals surface area (Å²) in [5.74, 6) is 0.293. The molecule has 7 heteroatoms. The molecule has 1 aliphatic rings. The zero-order valence-corrected chi connectivity index (χ0v) is 14.6. The summed E-state index contributed by atoms with van der Waals surface area (Å²) < 4.78 is 0. The van der Waals surface area contributed by atoms with Crippen molar-refractivity contribution in [2.24, 2.45) is 5.73 Å². The van der Waals surface area contributed by atoms with Crippen LogP contribution in [0.2, 0.25) is 10.3 Å². The number of carbonyl (C=O) groups is 1. The van der Waals surface area contributed by atoms with Crippen molar-refractivity contribution in [1.82, 2.24) is 15.1 Å². The van der Waals surface area contributed by atoms with Gasteiger partial charge in [-0.05, 0) is 36.0 Å². The van der Waals surface area contributed by atoms with Crippen LogP contribution in [-0.2, 0) is 6.54 Å². The Labute approximate surface area is 150 Å². The molecule has 0 bridgehead atoms. The first kappa shape index (κ1) is 17.1. The zero-order chi connectivity index (χ0) is 17.1. The van der Waals surface area contributed by atoms with E-state index in [0.29, 0.717) is 31.1 Å². The number of carbonyl (C=O) groups excluding carboxylic acids is 1. The monoisotopic (exact) mass is 364 g/mol. The topological polar surface area (TPSA) is 72.1 Å². The quantitative estimate of drug-likeness (QED) is 0.906. The lowest BCUT2D eigenvalue weighted by Gasteiger charge is -2.32. The molecule has 1 aromatic heterocycles. The van der Waals surface area contributed by atoms with E-state index in [-0.39, 0.29) is 16.2 Å². The van der Waals surface area contributed by atoms with E-state index in [1.807, 2.05) is 12.1 Å². The molecule has 2 aromatic rings. The van der Waals surface area contributed by atoms with E-state index in [2.05, 4.69) is 22.3 Å². The summed E-state index contributed by atoms with van der Waals surface area (Å²) in [4.78, 5) is 14.4. The van der Waals surface area contributed by atoms with Crippen molar-refractivity contribution >= 4 is 29.1 Å². The van der Waals surface area contributed by atoms with Crippen molar-refractivity contribution in [3.63, 3.8) is 0 Å². The van der Waals surface area contributed by atoms with E-state index in [1.54, 1.807) is 4.90 Å². The number of aromatic nitrogens is 2. The molecule has 0 unspecified atom stereocenters. The summed E-state index contributed by atoms with van der Waals surface area (Å²) in [6.07, 6.45) is 1.81. The smallest absolute Gasteiger partial charge is 0.257 e. The van der Waals surface area contributed by atoms with E-state index in [4.69, 9.17) is 28.9 Å². The van der Waals surface area contributed by atoms with Gasteiger partial charge in [0.15, 0.2) is 10.3 Å². The van der Waals surface area contributed by atoms with Crippen molar-refractivity contribution < 1.29 is 4.79 Å². The normalized spacial score (nSPS) is 15.5. The first-order chi connectivity index (χ1) is 11.6. The number of likely N-dealkylation sites (tertiary alicyclic amines) is 1. The number of hydrogen-bond donors (Lipinski definition) is 1. The second kappa shape index (κ2) is 7.47. The van der Waals surface area contributed by atoms with Gasteiger partial charge < -0.3 is 10.6 Å². The Balaban J connectivity index is 1.68. The Morgan fingerprint density at radius 1 is 1.21 bits per heavy atom. The summed E-state index contributed by atoms with van der Waals surface area (Å²) in [6, 6.07) is 9.83. The molecule has 1 fully saturated rings. The molecule has 1 amide bonds. The lowest BCUT2D eigenvalue weighted by molar-refractivity contribution is 0.0712. The number of rotatable bonds is 3. The number of halogens is 2. The third-order valence-electron chi connectivity index (χ3n) is 4.39. The number of benzene rings is 1. The maximum absolute atomic E-state index is 12.6. The summed E-state index contributed by atoms with van der Waals surface area (Å²) in [6.45, 7) is 1.89. The van der Waals surface area contributed by atoms with Gasteiger partial charge in [-0.25, -0.2) is 0 Å². The molecule has 5 nitrogen and oxygen atoms in total. The number of amides is 1. The van der Waals surface area contributed by atoms with Crippen molar-refractivity contribution in [1.29, 1.82) is 0 Å². The summed E-state index contributed by atoms with van der Waals surface area (Å²) in [5, 5.41) is 7.59. The van der Waals surface area contributed by atoms with Crippen molar-refractivity contribution in [3.05, 3.63) is 57.3 Å². The van der Waals surface area contributed by atoms with Crippen LogP contribution in [0.3, 0.4) is 0 Å².